The minimum atomic E-state index is -0.791. The van der Waals surface area contributed by atoms with E-state index < -0.39 is 6.10 Å². The molecule has 0 aromatic rings. The molecule has 0 aliphatic heterocycles. The second-order valence-corrected chi connectivity index (χ2v) is 16.0. The number of unbranched alkanes of at least 4 members (excludes halogenated alkanes) is 22. The van der Waals surface area contributed by atoms with Crippen molar-refractivity contribution in [1.82, 2.24) is 0 Å². The maximum absolute atomic E-state index is 12.7. The van der Waals surface area contributed by atoms with Crippen molar-refractivity contribution in [2.24, 2.45) is 0 Å². The van der Waals surface area contributed by atoms with Gasteiger partial charge in [0.25, 0.3) is 0 Å². The molecule has 0 saturated heterocycles. The molecule has 1 unspecified atom stereocenters. The standard InChI is InChI=1S/C52H90O6/c1-4-7-10-13-16-19-21-23-25-26-27-29-30-33-36-39-42-45-51(54)57-48-49(47-56-50(53)44-41-38-35-32-18-15-12-9-6-3)58-52(55)46-43-40-37-34-31-28-24-22-20-17-14-11-8-5-2/h7,10,16,19,23,25,27,29,33,36,49H,4-6,8-9,11-15,17-18,20-22,24,26,28,30-32,34-35,37-48H2,1-3H3/b10-7-,19-16-,25-23-,29-27-,36-33-. The number of rotatable bonds is 43. The normalized spacial score (nSPS) is 12.5. The van der Waals surface area contributed by atoms with E-state index in [1.165, 1.54) is 109 Å². The van der Waals surface area contributed by atoms with Crippen LogP contribution >= 0.6 is 0 Å². The third kappa shape index (κ3) is 44.2. The minimum Gasteiger partial charge on any atom is -0.462 e. The van der Waals surface area contributed by atoms with Crippen LogP contribution in [0.25, 0.3) is 0 Å². The van der Waals surface area contributed by atoms with Gasteiger partial charge in [-0.25, -0.2) is 0 Å². The molecule has 334 valence electrons. The summed E-state index contributed by atoms with van der Waals surface area (Å²) in [4.78, 5) is 37.8. The third-order valence-corrected chi connectivity index (χ3v) is 10.3. The molecule has 0 N–H and O–H groups in total. The van der Waals surface area contributed by atoms with Crippen molar-refractivity contribution in [2.75, 3.05) is 13.2 Å². The van der Waals surface area contributed by atoms with Crippen molar-refractivity contribution in [1.29, 1.82) is 0 Å². The van der Waals surface area contributed by atoms with E-state index in [1.54, 1.807) is 0 Å². The molecule has 6 nitrogen and oxygen atoms in total. The summed E-state index contributed by atoms with van der Waals surface area (Å²) in [5, 5.41) is 0. The van der Waals surface area contributed by atoms with Gasteiger partial charge in [0.1, 0.15) is 13.2 Å². The lowest BCUT2D eigenvalue weighted by atomic mass is 10.0. The first-order chi connectivity index (χ1) is 28.5. The number of carbonyl (C=O) groups excluding carboxylic acids is 3. The van der Waals surface area contributed by atoms with Crippen LogP contribution in [0.1, 0.15) is 233 Å². The van der Waals surface area contributed by atoms with E-state index in [2.05, 4.69) is 81.5 Å². The fraction of sp³-hybridized carbons (Fsp3) is 0.750. The van der Waals surface area contributed by atoms with Gasteiger partial charge in [-0.2, -0.15) is 0 Å². The quantitative estimate of drug-likeness (QED) is 0.0264. The predicted molar refractivity (Wildman–Crippen MR) is 247 cm³/mol. The Morgan fingerprint density at radius 2 is 0.672 bits per heavy atom. The summed E-state index contributed by atoms with van der Waals surface area (Å²) in [6.07, 6.45) is 56.4. The lowest BCUT2D eigenvalue weighted by Gasteiger charge is -2.18. The van der Waals surface area contributed by atoms with Crippen LogP contribution in [0.2, 0.25) is 0 Å². The average Bonchev–Trinajstić information content (AvgIpc) is 3.22. The van der Waals surface area contributed by atoms with E-state index >= 15 is 0 Å². The molecule has 0 spiro atoms. The van der Waals surface area contributed by atoms with Gasteiger partial charge in [0.15, 0.2) is 6.10 Å². The molecule has 0 heterocycles. The van der Waals surface area contributed by atoms with Crippen molar-refractivity contribution >= 4 is 17.9 Å². The van der Waals surface area contributed by atoms with E-state index in [1.807, 2.05) is 0 Å². The van der Waals surface area contributed by atoms with E-state index in [0.717, 1.165) is 77.0 Å². The number of ether oxygens (including phenoxy) is 3. The Morgan fingerprint density at radius 1 is 0.362 bits per heavy atom. The van der Waals surface area contributed by atoms with Crippen molar-refractivity contribution in [3.8, 4) is 0 Å². The van der Waals surface area contributed by atoms with Gasteiger partial charge in [0.05, 0.1) is 0 Å². The molecule has 6 heteroatoms. The first-order valence-corrected chi connectivity index (χ1v) is 24.3. The maximum Gasteiger partial charge on any atom is 0.306 e. The number of esters is 3. The Balaban J connectivity index is 4.42. The molecule has 0 radical (unpaired) electrons. The molecule has 1 atom stereocenters. The topological polar surface area (TPSA) is 78.9 Å². The summed E-state index contributed by atoms with van der Waals surface area (Å²) in [6, 6.07) is 0. The summed E-state index contributed by atoms with van der Waals surface area (Å²) in [6.45, 7) is 6.45. The first-order valence-electron chi connectivity index (χ1n) is 24.3. The lowest BCUT2D eigenvalue weighted by molar-refractivity contribution is -0.167. The maximum atomic E-state index is 12.7. The first kappa shape index (κ1) is 55.1. The molecule has 58 heavy (non-hydrogen) atoms. The Hall–Kier alpha value is -2.89. The van der Waals surface area contributed by atoms with E-state index in [4.69, 9.17) is 14.2 Å². The molecule has 0 aromatic carbocycles. The van der Waals surface area contributed by atoms with Gasteiger partial charge in [0, 0.05) is 19.3 Å². The summed E-state index contributed by atoms with van der Waals surface area (Å²) in [5.74, 6) is -0.950. The second-order valence-electron chi connectivity index (χ2n) is 16.0. The molecule has 0 amide bonds. The zero-order chi connectivity index (χ0) is 42.3. The molecular weight excluding hydrogens is 721 g/mol. The summed E-state index contributed by atoms with van der Waals surface area (Å²) < 4.78 is 16.7. The largest absolute Gasteiger partial charge is 0.462 e. The van der Waals surface area contributed by atoms with Crippen molar-refractivity contribution in [3.05, 3.63) is 60.8 Å². The van der Waals surface area contributed by atoms with Crippen LogP contribution in [0, 0.1) is 0 Å². The van der Waals surface area contributed by atoms with E-state index in [9.17, 15) is 14.4 Å². The summed E-state index contributed by atoms with van der Waals surface area (Å²) in [5.41, 5.74) is 0. The van der Waals surface area contributed by atoms with Crippen LogP contribution < -0.4 is 0 Å². The molecular formula is C52H90O6. The molecule has 0 aliphatic carbocycles. The zero-order valence-corrected chi connectivity index (χ0v) is 38.0. The van der Waals surface area contributed by atoms with Crippen LogP contribution in [-0.4, -0.2) is 37.2 Å². The Kier molecular flexibility index (Phi) is 44.5. The molecule has 0 fully saturated rings. The predicted octanol–water partition coefficient (Wildman–Crippen LogP) is 15.7. The van der Waals surface area contributed by atoms with Crippen LogP contribution in [0.3, 0.4) is 0 Å². The van der Waals surface area contributed by atoms with Gasteiger partial charge < -0.3 is 14.2 Å². The van der Waals surface area contributed by atoms with Gasteiger partial charge in [0.2, 0.25) is 0 Å². The van der Waals surface area contributed by atoms with Crippen LogP contribution in [0.4, 0.5) is 0 Å². The number of hydrogen-bond donors (Lipinski definition) is 0. The van der Waals surface area contributed by atoms with Gasteiger partial charge in [-0.15, -0.1) is 0 Å². The minimum absolute atomic E-state index is 0.0892. The number of hydrogen-bond acceptors (Lipinski definition) is 6. The van der Waals surface area contributed by atoms with E-state index in [-0.39, 0.29) is 37.5 Å². The molecule has 0 saturated carbocycles. The Bertz CT molecular complexity index is 1070. The van der Waals surface area contributed by atoms with Crippen LogP contribution in [-0.2, 0) is 28.6 Å². The van der Waals surface area contributed by atoms with Crippen molar-refractivity contribution < 1.29 is 28.6 Å². The highest BCUT2D eigenvalue weighted by Crippen LogP contribution is 2.15. The van der Waals surface area contributed by atoms with Crippen molar-refractivity contribution in [3.63, 3.8) is 0 Å². The number of carbonyl (C=O) groups is 3. The van der Waals surface area contributed by atoms with Gasteiger partial charge in [-0.1, -0.05) is 216 Å². The molecule has 0 rings (SSSR count). The zero-order valence-electron chi connectivity index (χ0n) is 38.0. The van der Waals surface area contributed by atoms with Gasteiger partial charge >= 0.3 is 17.9 Å². The fourth-order valence-electron chi connectivity index (χ4n) is 6.65. The Labute approximate surface area is 358 Å². The van der Waals surface area contributed by atoms with Gasteiger partial charge in [-0.05, 0) is 57.8 Å². The summed E-state index contributed by atoms with van der Waals surface area (Å²) in [7, 11) is 0. The fourth-order valence-corrected chi connectivity index (χ4v) is 6.65. The molecule has 0 aliphatic rings. The SMILES string of the molecule is CC/C=C\C/C=C\C/C=C\C/C=C\C/C=C\CCCC(=O)OCC(COC(=O)CCCCCCCCCCC)OC(=O)CCCCCCCCCCCCCCCC. The Morgan fingerprint density at radius 3 is 1.05 bits per heavy atom. The summed E-state index contributed by atoms with van der Waals surface area (Å²) >= 11 is 0. The van der Waals surface area contributed by atoms with Crippen LogP contribution in [0.5, 0.6) is 0 Å². The highest BCUT2D eigenvalue weighted by Gasteiger charge is 2.19. The highest BCUT2D eigenvalue weighted by molar-refractivity contribution is 5.71. The molecule has 0 bridgehead atoms. The van der Waals surface area contributed by atoms with E-state index in [0.29, 0.717) is 19.3 Å². The highest BCUT2D eigenvalue weighted by atomic mass is 16.6. The van der Waals surface area contributed by atoms with Crippen LogP contribution in [0.15, 0.2) is 60.8 Å². The smallest absolute Gasteiger partial charge is 0.306 e. The second kappa shape index (κ2) is 46.8. The average molecular weight is 811 g/mol. The number of allylic oxidation sites excluding steroid dienone is 10. The lowest BCUT2D eigenvalue weighted by Crippen LogP contribution is -2.30. The van der Waals surface area contributed by atoms with Gasteiger partial charge in [-0.3, -0.25) is 14.4 Å². The monoisotopic (exact) mass is 811 g/mol. The molecule has 0 aromatic heterocycles. The third-order valence-electron chi connectivity index (χ3n) is 10.3. The van der Waals surface area contributed by atoms with Crippen molar-refractivity contribution in [2.45, 2.75) is 239 Å².